The lowest BCUT2D eigenvalue weighted by Crippen LogP contribution is -2.41. The highest BCUT2D eigenvalue weighted by molar-refractivity contribution is 7.14. The highest BCUT2D eigenvalue weighted by Gasteiger charge is 2.28. The van der Waals surface area contributed by atoms with Crippen molar-refractivity contribution in [2.45, 2.75) is 19.8 Å². The van der Waals surface area contributed by atoms with Gasteiger partial charge in [0.15, 0.2) is 5.13 Å². The van der Waals surface area contributed by atoms with Crippen molar-refractivity contribution in [3.05, 3.63) is 63.3 Å². The van der Waals surface area contributed by atoms with Gasteiger partial charge in [0.05, 0.1) is 16.9 Å². The van der Waals surface area contributed by atoms with E-state index >= 15 is 0 Å². The fraction of sp³-hybridized carbons (Fsp3) is 0.250. The zero-order valence-corrected chi connectivity index (χ0v) is 16.6. The van der Waals surface area contributed by atoms with Crippen molar-refractivity contribution in [1.82, 2.24) is 9.88 Å². The standard InChI is InChI=1S/C20H19N3O2S2/c1-14-13-27-20(21-14)23(15-6-3-2-4-7-15)18(24)12-22-10-5-8-17-16(19(22)25)9-11-26-17/h2-4,6-7,9,11,13H,5,8,10,12H2,1H3. The lowest BCUT2D eigenvalue weighted by atomic mass is 10.2. The van der Waals surface area contributed by atoms with Gasteiger partial charge in [-0.05, 0) is 43.3 Å². The molecular formula is C20H19N3O2S2. The van der Waals surface area contributed by atoms with Crippen molar-refractivity contribution in [2.24, 2.45) is 0 Å². The van der Waals surface area contributed by atoms with E-state index in [-0.39, 0.29) is 18.4 Å². The summed E-state index contributed by atoms with van der Waals surface area (Å²) in [5.74, 6) is -0.206. The lowest BCUT2D eigenvalue weighted by Gasteiger charge is -2.25. The van der Waals surface area contributed by atoms with E-state index < -0.39 is 0 Å². The molecule has 0 fully saturated rings. The number of thiophene rings is 1. The van der Waals surface area contributed by atoms with E-state index in [9.17, 15) is 9.59 Å². The maximum absolute atomic E-state index is 13.2. The van der Waals surface area contributed by atoms with Crippen LogP contribution in [-0.4, -0.2) is 34.8 Å². The van der Waals surface area contributed by atoms with E-state index in [1.165, 1.54) is 11.3 Å². The van der Waals surface area contributed by atoms with Crippen LogP contribution in [0.3, 0.4) is 0 Å². The molecule has 5 nitrogen and oxygen atoms in total. The minimum absolute atomic E-state index is 0.0433. The number of hydrogen-bond acceptors (Lipinski definition) is 5. The molecule has 3 aromatic rings. The van der Waals surface area contributed by atoms with E-state index in [0.717, 1.165) is 34.7 Å². The summed E-state index contributed by atoms with van der Waals surface area (Å²) >= 11 is 3.04. The molecule has 3 heterocycles. The number of hydrogen-bond donors (Lipinski definition) is 0. The normalized spacial score (nSPS) is 14.0. The van der Waals surface area contributed by atoms with Crippen LogP contribution in [0.15, 0.2) is 47.2 Å². The summed E-state index contributed by atoms with van der Waals surface area (Å²) in [5, 5.41) is 4.50. The van der Waals surface area contributed by atoms with Gasteiger partial charge in [0.1, 0.15) is 6.54 Å². The molecule has 0 atom stereocenters. The fourth-order valence-corrected chi connectivity index (χ4v) is 4.95. The Bertz CT molecular complexity index is 965. The summed E-state index contributed by atoms with van der Waals surface area (Å²) in [6.45, 7) is 2.54. The van der Waals surface area contributed by atoms with Crippen molar-refractivity contribution in [3.8, 4) is 0 Å². The molecule has 1 aromatic carbocycles. The quantitative estimate of drug-likeness (QED) is 0.661. The predicted molar refractivity (Wildman–Crippen MR) is 109 cm³/mol. The molecule has 0 saturated carbocycles. The van der Waals surface area contributed by atoms with Gasteiger partial charge < -0.3 is 4.90 Å². The Morgan fingerprint density at radius 3 is 2.78 bits per heavy atom. The minimum Gasteiger partial charge on any atom is -0.329 e. The summed E-state index contributed by atoms with van der Waals surface area (Å²) in [5.41, 5.74) is 2.37. The van der Waals surface area contributed by atoms with Gasteiger partial charge in [0, 0.05) is 16.8 Å². The van der Waals surface area contributed by atoms with Crippen LogP contribution < -0.4 is 4.90 Å². The number of para-hydroxylation sites is 1. The summed E-state index contributed by atoms with van der Waals surface area (Å²) in [6.07, 6.45) is 1.76. The van der Waals surface area contributed by atoms with E-state index in [1.807, 2.05) is 54.1 Å². The fourth-order valence-electron chi connectivity index (χ4n) is 3.19. The Hall–Kier alpha value is -2.51. The Morgan fingerprint density at radius 1 is 1.22 bits per heavy atom. The van der Waals surface area contributed by atoms with Crippen LogP contribution >= 0.6 is 22.7 Å². The minimum atomic E-state index is -0.150. The average molecular weight is 398 g/mol. The van der Waals surface area contributed by atoms with Crippen molar-refractivity contribution >= 4 is 45.3 Å². The molecule has 2 aromatic heterocycles. The number of carbonyl (C=O) groups excluding carboxylic acids is 2. The molecule has 0 unspecified atom stereocenters. The molecule has 0 bridgehead atoms. The summed E-state index contributed by atoms with van der Waals surface area (Å²) < 4.78 is 0. The molecule has 27 heavy (non-hydrogen) atoms. The predicted octanol–water partition coefficient (Wildman–Crippen LogP) is 4.27. The average Bonchev–Trinajstić information content (AvgIpc) is 3.28. The molecular weight excluding hydrogens is 378 g/mol. The number of benzene rings is 1. The highest BCUT2D eigenvalue weighted by Crippen LogP contribution is 2.29. The van der Waals surface area contributed by atoms with Crippen molar-refractivity contribution in [2.75, 3.05) is 18.0 Å². The first-order chi connectivity index (χ1) is 13.1. The SMILES string of the molecule is Cc1csc(N(C(=O)CN2CCCc3sccc3C2=O)c2ccccc2)n1. The van der Waals surface area contributed by atoms with Crippen molar-refractivity contribution in [3.63, 3.8) is 0 Å². The van der Waals surface area contributed by atoms with Crippen LogP contribution in [0.2, 0.25) is 0 Å². The number of carbonyl (C=O) groups is 2. The van der Waals surface area contributed by atoms with Gasteiger partial charge >= 0.3 is 0 Å². The maximum Gasteiger partial charge on any atom is 0.255 e. The number of thiazole rings is 1. The third-order valence-electron chi connectivity index (χ3n) is 4.48. The van der Waals surface area contributed by atoms with Gasteiger partial charge in [-0.25, -0.2) is 4.98 Å². The maximum atomic E-state index is 13.2. The third kappa shape index (κ3) is 3.65. The second-order valence-electron chi connectivity index (χ2n) is 6.42. The van der Waals surface area contributed by atoms with Gasteiger partial charge in [-0.3, -0.25) is 14.5 Å². The van der Waals surface area contributed by atoms with Crippen molar-refractivity contribution in [1.29, 1.82) is 0 Å². The largest absolute Gasteiger partial charge is 0.329 e. The number of amides is 2. The molecule has 0 radical (unpaired) electrons. The summed E-state index contributed by atoms with van der Waals surface area (Å²) in [6, 6.07) is 11.3. The number of anilines is 2. The number of nitrogens with zero attached hydrogens (tertiary/aromatic N) is 3. The number of fused-ring (bicyclic) bond motifs is 1. The number of aryl methyl sites for hydroxylation is 2. The second kappa shape index (κ2) is 7.62. The van der Waals surface area contributed by atoms with E-state index in [2.05, 4.69) is 4.98 Å². The van der Waals surface area contributed by atoms with Gasteiger partial charge in [-0.2, -0.15) is 0 Å². The molecule has 7 heteroatoms. The zero-order chi connectivity index (χ0) is 18.8. The van der Waals surface area contributed by atoms with Crippen LogP contribution in [0, 0.1) is 6.92 Å². The van der Waals surface area contributed by atoms with E-state index in [1.54, 1.807) is 21.1 Å². The highest BCUT2D eigenvalue weighted by atomic mass is 32.1. The first-order valence-corrected chi connectivity index (χ1v) is 10.5. The van der Waals surface area contributed by atoms with Gasteiger partial charge in [0.2, 0.25) is 0 Å². The smallest absolute Gasteiger partial charge is 0.255 e. The van der Waals surface area contributed by atoms with Crippen LogP contribution in [0.1, 0.15) is 27.3 Å². The number of rotatable bonds is 4. The molecule has 2 amide bonds. The van der Waals surface area contributed by atoms with E-state index in [0.29, 0.717) is 11.7 Å². The molecule has 4 rings (SSSR count). The van der Waals surface area contributed by atoms with Gasteiger partial charge in [-0.1, -0.05) is 18.2 Å². The Labute approximate surface area is 165 Å². The third-order valence-corrected chi connectivity index (χ3v) is 6.41. The Morgan fingerprint density at radius 2 is 2.04 bits per heavy atom. The first kappa shape index (κ1) is 17.9. The van der Waals surface area contributed by atoms with Crippen LogP contribution in [0.25, 0.3) is 0 Å². The molecule has 1 aliphatic heterocycles. The summed E-state index contributed by atoms with van der Waals surface area (Å²) in [7, 11) is 0. The van der Waals surface area contributed by atoms with Crippen molar-refractivity contribution < 1.29 is 9.59 Å². The molecule has 0 aliphatic carbocycles. The second-order valence-corrected chi connectivity index (χ2v) is 8.26. The van der Waals surface area contributed by atoms with Crippen LogP contribution in [0.5, 0.6) is 0 Å². The Balaban J connectivity index is 1.62. The number of aromatic nitrogens is 1. The molecule has 1 aliphatic rings. The zero-order valence-electron chi connectivity index (χ0n) is 14.9. The van der Waals surface area contributed by atoms with E-state index in [4.69, 9.17) is 0 Å². The Kier molecular flexibility index (Phi) is 5.05. The first-order valence-electron chi connectivity index (χ1n) is 8.79. The molecule has 138 valence electrons. The molecule has 0 N–H and O–H groups in total. The monoisotopic (exact) mass is 397 g/mol. The van der Waals surface area contributed by atoms with Crippen LogP contribution in [-0.2, 0) is 11.2 Å². The lowest BCUT2D eigenvalue weighted by molar-refractivity contribution is -0.118. The molecule has 0 saturated heterocycles. The van der Waals surface area contributed by atoms with Gasteiger partial charge in [-0.15, -0.1) is 22.7 Å². The van der Waals surface area contributed by atoms with Gasteiger partial charge in [0.25, 0.3) is 11.8 Å². The van der Waals surface area contributed by atoms with Crippen LogP contribution in [0.4, 0.5) is 10.8 Å². The topological polar surface area (TPSA) is 53.5 Å². The summed E-state index contributed by atoms with van der Waals surface area (Å²) in [4.78, 5) is 35.0. The molecule has 0 spiro atoms.